The molecule has 0 saturated carbocycles. The Morgan fingerprint density at radius 3 is 1.90 bits per heavy atom. The van der Waals surface area contributed by atoms with Crippen molar-refractivity contribution < 1.29 is 76.0 Å². The number of esters is 1. The molecule has 0 unspecified atom stereocenters. The van der Waals surface area contributed by atoms with Gasteiger partial charge in [-0.25, -0.2) is 19.0 Å². The highest BCUT2D eigenvalue weighted by molar-refractivity contribution is 8.77. The van der Waals surface area contributed by atoms with Crippen molar-refractivity contribution in [2.24, 2.45) is 0 Å². The summed E-state index contributed by atoms with van der Waals surface area (Å²) >= 11 is 0. The van der Waals surface area contributed by atoms with Gasteiger partial charge in [0.15, 0.2) is 5.60 Å². The fourth-order valence-electron chi connectivity index (χ4n) is 9.43. The maximum absolute atomic E-state index is 15.4. The van der Waals surface area contributed by atoms with Crippen LogP contribution in [0.3, 0.4) is 0 Å². The van der Waals surface area contributed by atoms with E-state index in [0.717, 1.165) is 40.0 Å². The maximum atomic E-state index is 15.4. The molecule has 20 nitrogen and oxygen atoms in total. The zero-order valence-electron chi connectivity index (χ0n) is 47.3. The number of aryl methyl sites for hydroxylation is 1. The van der Waals surface area contributed by atoms with E-state index in [1.165, 1.54) is 10.6 Å². The van der Waals surface area contributed by atoms with Crippen molar-refractivity contribution in [2.75, 3.05) is 125 Å². The predicted molar refractivity (Wildman–Crippen MR) is 303 cm³/mol. The molecule has 81 heavy (non-hydrogen) atoms. The molecule has 23 heteroatoms. The minimum absolute atomic E-state index is 0.00506. The second kappa shape index (κ2) is 32.3. The van der Waals surface area contributed by atoms with Crippen LogP contribution in [0.5, 0.6) is 0 Å². The fraction of sp³-hybridized carbons (Fsp3) is 0.603. The number of nitrogens with zero attached hydrogens (tertiary/aromatic N) is 2. The van der Waals surface area contributed by atoms with Crippen LogP contribution in [0.4, 0.5) is 9.18 Å². The lowest BCUT2D eigenvalue weighted by molar-refractivity contribution is -0.172. The Labute approximate surface area is 480 Å². The van der Waals surface area contributed by atoms with E-state index in [9.17, 15) is 24.3 Å². The smallest absolute Gasteiger partial charge is 0.407 e. The van der Waals surface area contributed by atoms with E-state index in [2.05, 4.69) is 31.4 Å². The summed E-state index contributed by atoms with van der Waals surface area (Å²) in [6.45, 7) is 18.6. The van der Waals surface area contributed by atoms with E-state index < -0.39 is 35.1 Å². The molecule has 1 aliphatic carbocycles. The Morgan fingerprint density at radius 1 is 0.790 bits per heavy atom. The van der Waals surface area contributed by atoms with Gasteiger partial charge in [0.05, 0.1) is 147 Å². The lowest BCUT2D eigenvalue weighted by Crippen LogP contribution is -2.44. The summed E-state index contributed by atoms with van der Waals surface area (Å²) in [5, 5.41) is 18.2. The topological polar surface area (TPSA) is 232 Å². The molecule has 7 rings (SSSR count). The van der Waals surface area contributed by atoms with Crippen molar-refractivity contribution in [3.63, 3.8) is 0 Å². The summed E-state index contributed by atoms with van der Waals surface area (Å²) < 4.78 is 77.1. The fourth-order valence-corrected chi connectivity index (χ4v) is 11.6. The Bertz CT molecular complexity index is 2770. The number of hydrogen-bond acceptors (Lipinski definition) is 19. The van der Waals surface area contributed by atoms with Crippen LogP contribution >= 0.6 is 21.6 Å². The molecule has 0 spiro atoms. The number of hydrogen-bond donors (Lipinski definition) is 3. The van der Waals surface area contributed by atoms with Gasteiger partial charge in [0.25, 0.3) is 5.56 Å². The van der Waals surface area contributed by atoms with E-state index in [-0.39, 0.29) is 61.0 Å². The number of carbonyl (C=O) groups is 3. The molecular weight excluding hydrogens is 1090 g/mol. The average molecular weight is 1170 g/mol. The number of halogens is 1. The largest absolute Gasteiger partial charge is 0.458 e. The maximum Gasteiger partial charge on any atom is 0.407 e. The van der Waals surface area contributed by atoms with Crippen LogP contribution in [0.15, 0.2) is 46.1 Å². The molecule has 0 fully saturated rings. The van der Waals surface area contributed by atoms with Gasteiger partial charge in [-0.1, -0.05) is 47.6 Å². The van der Waals surface area contributed by atoms with Crippen molar-refractivity contribution in [3.8, 4) is 11.4 Å². The number of ether oxygens (including phenoxy) is 11. The molecular formula is C58H79FN4O16S2. The molecule has 0 bridgehead atoms. The summed E-state index contributed by atoms with van der Waals surface area (Å²) in [5.74, 6) is -1.33. The van der Waals surface area contributed by atoms with E-state index in [4.69, 9.17) is 57.1 Å². The van der Waals surface area contributed by atoms with E-state index in [1.807, 2.05) is 24.3 Å². The number of aliphatic hydroxyl groups is 1. The summed E-state index contributed by atoms with van der Waals surface area (Å²) in [7, 11) is 3.21. The van der Waals surface area contributed by atoms with E-state index >= 15 is 4.39 Å². The lowest BCUT2D eigenvalue weighted by Gasteiger charge is -2.31. The standard InChI is InChI=1S/C58H79FN4O16S2/c1-6-15-69-17-19-71-21-23-73-25-27-75-29-31-77-32-30-76-28-26-74-24-22-72-20-18-70-16-14-50(64)60-38-57(4,5)81-80-41-10-8-40(9-11-41)36-79-56(67)62-47-13-12-42-39(3)46(59)34-48-51(42)52(47)43-35-63-49(53(43)61-48)33-45-44(54(63)65)37-78-55(66)58(45,68)7-2/h8-11,33-34,47,68H,6-7,12-32,35-38H2,1-5H3,(H,60,64)(H,62,67)/t47-,58-/m0/s1. The van der Waals surface area contributed by atoms with Crippen LogP contribution in [0.25, 0.3) is 22.3 Å². The van der Waals surface area contributed by atoms with E-state index in [1.54, 1.807) is 41.5 Å². The first-order valence-corrected chi connectivity index (χ1v) is 30.1. The highest BCUT2D eigenvalue weighted by atomic mass is 33.1. The number of benzene rings is 2. The van der Waals surface area contributed by atoms with Crippen LogP contribution in [0.2, 0.25) is 0 Å². The van der Waals surface area contributed by atoms with Gasteiger partial charge >= 0.3 is 12.1 Å². The van der Waals surface area contributed by atoms with Crippen molar-refractivity contribution in [2.45, 2.75) is 108 Å². The predicted octanol–water partition coefficient (Wildman–Crippen LogP) is 7.03. The quantitative estimate of drug-likeness (QED) is 0.0205. The number of rotatable bonds is 38. The zero-order valence-corrected chi connectivity index (χ0v) is 48.9. The molecule has 2 amide bonds. The number of carbonyl (C=O) groups excluding carboxylic acids is 3. The number of nitrogens with one attached hydrogen (secondary N) is 2. The number of amides is 2. The monoisotopic (exact) mass is 1170 g/mol. The minimum atomic E-state index is -2.00. The van der Waals surface area contributed by atoms with Gasteiger partial charge in [-0.3, -0.25) is 9.59 Å². The molecule has 3 N–H and O–H groups in total. The summed E-state index contributed by atoms with van der Waals surface area (Å²) in [4.78, 5) is 58.7. The Kier molecular flexibility index (Phi) is 25.5. The molecule has 4 aromatic rings. The third-order valence-corrected chi connectivity index (χ3v) is 17.2. The van der Waals surface area contributed by atoms with Crippen molar-refractivity contribution >= 4 is 50.5 Å². The van der Waals surface area contributed by atoms with Crippen molar-refractivity contribution in [1.29, 1.82) is 0 Å². The van der Waals surface area contributed by atoms with Crippen LogP contribution in [-0.4, -0.2) is 163 Å². The molecule has 0 saturated heterocycles. The van der Waals surface area contributed by atoms with E-state index in [0.29, 0.717) is 153 Å². The highest BCUT2D eigenvalue weighted by Gasteiger charge is 2.46. The number of pyridine rings is 2. The molecule has 2 aromatic carbocycles. The molecule has 446 valence electrons. The summed E-state index contributed by atoms with van der Waals surface area (Å²) in [5.41, 5.74) is 2.66. The first-order valence-electron chi connectivity index (χ1n) is 27.9. The summed E-state index contributed by atoms with van der Waals surface area (Å²) in [6.07, 6.45) is 1.53. The first kappa shape index (κ1) is 63.8. The van der Waals surface area contributed by atoms with Crippen LogP contribution in [0.1, 0.15) is 98.4 Å². The van der Waals surface area contributed by atoms with Crippen LogP contribution in [0, 0.1) is 12.7 Å². The molecule has 0 radical (unpaired) electrons. The number of cyclic esters (lactones) is 1. The number of aromatic nitrogens is 2. The lowest BCUT2D eigenvalue weighted by atomic mass is 9.81. The second-order valence-corrected chi connectivity index (χ2v) is 23.1. The third kappa shape index (κ3) is 18.1. The van der Waals surface area contributed by atoms with Gasteiger partial charge in [-0.05, 0) is 86.9 Å². The number of alkyl carbamates (subject to hydrolysis) is 1. The third-order valence-electron chi connectivity index (χ3n) is 13.8. The normalized spacial score (nSPS) is 16.3. The van der Waals surface area contributed by atoms with Gasteiger partial charge in [0, 0.05) is 51.8 Å². The molecule has 2 atom stereocenters. The molecule has 4 heterocycles. The second-order valence-electron chi connectivity index (χ2n) is 20.2. The highest BCUT2D eigenvalue weighted by Crippen LogP contribution is 2.46. The minimum Gasteiger partial charge on any atom is -0.458 e. The van der Waals surface area contributed by atoms with Gasteiger partial charge < -0.3 is 72.4 Å². The van der Waals surface area contributed by atoms with Gasteiger partial charge in [0.1, 0.15) is 19.0 Å². The van der Waals surface area contributed by atoms with Gasteiger partial charge in [0.2, 0.25) is 5.91 Å². The average Bonchev–Trinajstić information content (AvgIpc) is 2.58. The first-order chi connectivity index (χ1) is 39.2. The SMILES string of the molecule is CCCOCCOCCOCCOCCOCCOCCOCCOCCOCCC(=O)NCC(C)(C)SSc1ccc(COC(=O)N[C@H]2CCc3c(C)c(F)cc4nc5c(c2c34)Cn2c-5cc3c(c2=O)COC(=O)[C@]3(O)CC)cc1. The Balaban J connectivity index is 0.719. The van der Waals surface area contributed by atoms with Crippen LogP contribution < -0.4 is 16.2 Å². The van der Waals surface area contributed by atoms with Crippen molar-refractivity contribution in [1.82, 2.24) is 20.2 Å². The zero-order chi connectivity index (χ0) is 57.6. The molecule has 2 aliphatic heterocycles. The molecule has 3 aliphatic rings. The van der Waals surface area contributed by atoms with Crippen LogP contribution in [-0.2, 0) is 93.5 Å². The Hall–Kier alpha value is -4.76. The Morgan fingerprint density at radius 2 is 1.35 bits per heavy atom. The summed E-state index contributed by atoms with van der Waals surface area (Å²) in [6, 6.07) is 10.1. The van der Waals surface area contributed by atoms with Gasteiger partial charge in [-0.15, -0.1) is 0 Å². The molecule has 2 aromatic heterocycles. The number of fused-ring (bicyclic) bond motifs is 5. The van der Waals surface area contributed by atoms with Gasteiger partial charge in [-0.2, -0.15) is 0 Å². The van der Waals surface area contributed by atoms with Crippen molar-refractivity contribution in [3.05, 3.63) is 91.5 Å².